The van der Waals surface area contributed by atoms with Crippen molar-refractivity contribution in [3.8, 4) is 10.6 Å². The number of amides is 1. The summed E-state index contributed by atoms with van der Waals surface area (Å²) < 4.78 is 39.5. The highest BCUT2D eigenvalue weighted by Gasteiger charge is 2.35. The Labute approximate surface area is 144 Å². The van der Waals surface area contributed by atoms with Crippen molar-refractivity contribution in [1.82, 2.24) is 19.7 Å². The third kappa shape index (κ3) is 3.25. The molecule has 0 saturated heterocycles. The molecule has 3 heterocycles. The van der Waals surface area contributed by atoms with Crippen LogP contribution in [0.5, 0.6) is 0 Å². The van der Waals surface area contributed by atoms with Crippen molar-refractivity contribution in [2.75, 3.05) is 4.90 Å². The zero-order valence-electron chi connectivity index (χ0n) is 13.2. The topological polar surface area (TPSA) is 63.9 Å². The first-order valence-corrected chi connectivity index (χ1v) is 7.86. The van der Waals surface area contributed by atoms with Gasteiger partial charge in [0.2, 0.25) is 6.41 Å². The molecular weight excluding hydrogens is 355 g/mol. The minimum atomic E-state index is -4.52. The maximum Gasteiger partial charge on any atom is 0.435 e. The summed E-state index contributed by atoms with van der Waals surface area (Å²) in [5.41, 5.74) is 0.0543. The van der Waals surface area contributed by atoms with Gasteiger partial charge in [0.15, 0.2) is 10.8 Å². The predicted molar refractivity (Wildman–Crippen MR) is 86.5 cm³/mol. The first kappa shape index (κ1) is 17.1. The van der Waals surface area contributed by atoms with Gasteiger partial charge in [-0.1, -0.05) is 17.4 Å². The molecule has 3 aromatic heterocycles. The third-order valence-electron chi connectivity index (χ3n) is 3.44. The van der Waals surface area contributed by atoms with Crippen LogP contribution in [0.2, 0.25) is 0 Å². The molecule has 0 spiro atoms. The van der Waals surface area contributed by atoms with Gasteiger partial charge in [0, 0.05) is 19.4 Å². The Morgan fingerprint density at radius 1 is 1.32 bits per heavy atom. The number of pyridine rings is 1. The van der Waals surface area contributed by atoms with E-state index in [2.05, 4.69) is 15.1 Å². The molecule has 3 rings (SSSR count). The molecule has 10 heteroatoms. The van der Waals surface area contributed by atoms with E-state index in [0.717, 1.165) is 27.6 Å². The first-order chi connectivity index (χ1) is 11.8. The maximum absolute atomic E-state index is 12.8. The molecule has 1 amide bonds. The van der Waals surface area contributed by atoms with E-state index in [1.165, 1.54) is 18.1 Å². The lowest BCUT2D eigenvalue weighted by atomic mass is 10.3. The number of halogens is 3. The summed E-state index contributed by atoms with van der Waals surface area (Å²) in [6.45, 7) is 1.80. The molecule has 0 aromatic carbocycles. The molecule has 130 valence electrons. The number of alkyl halides is 3. The van der Waals surface area contributed by atoms with Gasteiger partial charge in [0.25, 0.3) is 0 Å². The van der Waals surface area contributed by atoms with Crippen LogP contribution in [-0.2, 0) is 18.0 Å². The van der Waals surface area contributed by atoms with Crippen LogP contribution in [0, 0.1) is 6.92 Å². The molecule has 0 aliphatic rings. The van der Waals surface area contributed by atoms with Crippen LogP contribution in [0.1, 0.15) is 11.3 Å². The lowest BCUT2D eigenvalue weighted by molar-refractivity contribution is -0.141. The van der Waals surface area contributed by atoms with Crippen molar-refractivity contribution in [3.05, 3.63) is 41.9 Å². The Bertz CT molecular complexity index is 918. The second-order valence-electron chi connectivity index (χ2n) is 5.16. The van der Waals surface area contributed by atoms with Gasteiger partial charge in [-0.2, -0.15) is 18.3 Å². The van der Waals surface area contributed by atoms with Gasteiger partial charge in [0.1, 0.15) is 5.82 Å². The molecule has 0 aliphatic carbocycles. The largest absolute Gasteiger partial charge is 0.435 e. The van der Waals surface area contributed by atoms with E-state index in [0.29, 0.717) is 22.2 Å². The van der Waals surface area contributed by atoms with E-state index >= 15 is 0 Å². The molecule has 3 aromatic rings. The fraction of sp³-hybridized carbons (Fsp3) is 0.200. The fourth-order valence-electron chi connectivity index (χ4n) is 2.25. The lowest BCUT2D eigenvalue weighted by Gasteiger charge is -2.14. The molecule has 6 nitrogen and oxygen atoms in total. The van der Waals surface area contributed by atoms with E-state index < -0.39 is 11.9 Å². The van der Waals surface area contributed by atoms with Crippen LogP contribution >= 0.6 is 11.3 Å². The molecular formula is C15H12F3N5OS. The fourth-order valence-corrected chi connectivity index (χ4v) is 3.18. The predicted octanol–water partition coefficient (Wildman–Crippen LogP) is 3.56. The van der Waals surface area contributed by atoms with Crippen LogP contribution in [0.15, 0.2) is 30.6 Å². The van der Waals surface area contributed by atoms with E-state index in [1.54, 1.807) is 25.3 Å². The zero-order chi connectivity index (χ0) is 18.2. The average Bonchev–Trinajstić information content (AvgIpc) is 3.16. The van der Waals surface area contributed by atoms with Gasteiger partial charge in [-0.3, -0.25) is 9.48 Å². The Morgan fingerprint density at radius 2 is 2.08 bits per heavy atom. The summed E-state index contributed by atoms with van der Waals surface area (Å²) in [5.74, 6) is 0.416. The van der Waals surface area contributed by atoms with Crippen molar-refractivity contribution >= 4 is 28.7 Å². The van der Waals surface area contributed by atoms with Crippen LogP contribution in [0.25, 0.3) is 10.6 Å². The number of carbonyl (C=O) groups excluding carboxylic acids is 1. The van der Waals surface area contributed by atoms with Gasteiger partial charge in [0.05, 0.1) is 10.6 Å². The molecule has 25 heavy (non-hydrogen) atoms. The highest BCUT2D eigenvalue weighted by molar-refractivity contribution is 7.19. The number of anilines is 2. The Kier molecular flexibility index (Phi) is 4.29. The number of hydrogen-bond donors (Lipinski definition) is 0. The average molecular weight is 367 g/mol. The van der Waals surface area contributed by atoms with Crippen molar-refractivity contribution in [1.29, 1.82) is 0 Å². The summed E-state index contributed by atoms with van der Waals surface area (Å²) in [5, 5.41) is 3.79. The molecule has 0 bridgehead atoms. The van der Waals surface area contributed by atoms with Crippen LogP contribution in [0.3, 0.4) is 0 Å². The SMILES string of the molecule is Cc1cccnc1N(C=O)c1ncc(-c2cc(C(F)(F)F)nn2C)s1. The summed E-state index contributed by atoms with van der Waals surface area (Å²) in [6.07, 6.45) is -0.998. The third-order valence-corrected chi connectivity index (χ3v) is 4.46. The number of nitrogens with zero attached hydrogens (tertiary/aromatic N) is 5. The van der Waals surface area contributed by atoms with Gasteiger partial charge in [-0.15, -0.1) is 0 Å². The molecule has 0 atom stereocenters. The normalized spacial score (nSPS) is 11.6. The van der Waals surface area contributed by atoms with Gasteiger partial charge >= 0.3 is 6.18 Å². The zero-order valence-corrected chi connectivity index (χ0v) is 14.0. The summed E-state index contributed by atoms with van der Waals surface area (Å²) in [6, 6.07) is 4.49. The second kappa shape index (κ2) is 6.28. The number of thiazole rings is 1. The molecule has 0 unspecified atom stereocenters. The summed E-state index contributed by atoms with van der Waals surface area (Å²) >= 11 is 1.08. The van der Waals surface area contributed by atoms with Crippen LogP contribution in [0.4, 0.5) is 24.1 Å². The number of aryl methyl sites for hydroxylation is 2. The van der Waals surface area contributed by atoms with E-state index in [4.69, 9.17) is 0 Å². The second-order valence-corrected chi connectivity index (χ2v) is 6.17. The van der Waals surface area contributed by atoms with Crippen molar-refractivity contribution in [2.24, 2.45) is 7.05 Å². The van der Waals surface area contributed by atoms with Gasteiger partial charge in [-0.25, -0.2) is 14.9 Å². The maximum atomic E-state index is 12.8. The minimum absolute atomic E-state index is 0.264. The number of aromatic nitrogens is 4. The van der Waals surface area contributed by atoms with E-state index in [1.807, 2.05) is 0 Å². The quantitative estimate of drug-likeness (QED) is 0.662. The number of hydrogen-bond acceptors (Lipinski definition) is 5. The van der Waals surface area contributed by atoms with E-state index in [-0.39, 0.29) is 5.69 Å². The Balaban J connectivity index is 1.99. The van der Waals surface area contributed by atoms with Crippen molar-refractivity contribution < 1.29 is 18.0 Å². The van der Waals surface area contributed by atoms with Crippen LogP contribution in [-0.4, -0.2) is 26.2 Å². The summed E-state index contributed by atoms with van der Waals surface area (Å²) in [7, 11) is 1.42. The first-order valence-electron chi connectivity index (χ1n) is 7.05. The Morgan fingerprint density at radius 3 is 2.68 bits per heavy atom. The molecule has 0 fully saturated rings. The standard InChI is InChI=1S/C15H12F3N5OS/c1-9-4-3-5-19-13(9)23(8-24)14-20-7-11(25-14)10-6-12(15(16,17)18)21-22(10)2/h3-8H,1-2H3. The lowest BCUT2D eigenvalue weighted by Crippen LogP contribution is -2.16. The summed E-state index contributed by atoms with van der Waals surface area (Å²) in [4.78, 5) is 21.5. The van der Waals surface area contributed by atoms with E-state index in [9.17, 15) is 18.0 Å². The molecule has 0 aliphatic heterocycles. The van der Waals surface area contributed by atoms with Crippen molar-refractivity contribution in [2.45, 2.75) is 13.1 Å². The number of carbonyl (C=O) groups is 1. The smallest absolute Gasteiger partial charge is 0.278 e. The highest BCUT2D eigenvalue weighted by Crippen LogP contribution is 2.36. The minimum Gasteiger partial charge on any atom is -0.278 e. The van der Waals surface area contributed by atoms with Gasteiger partial charge in [-0.05, 0) is 24.6 Å². The van der Waals surface area contributed by atoms with Gasteiger partial charge < -0.3 is 0 Å². The molecule has 0 saturated carbocycles. The monoisotopic (exact) mass is 367 g/mol. The van der Waals surface area contributed by atoms with Crippen LogP contribution < -0.4 is 4.90 Å². The van der Waals surface area contributed by atoms with Crippen molar-refractivity contribution in [3.63, 3.8) is 0 Å². The molecule has 0 N–H and O–H groups in total. The molecule has 0 radical (unpaired) electrons. The highest BCUT2D eigenvalue weighted by atomic mass is 32.1. The number of rotatable bonds is 4. The Hall–Kier alpha value is -2.75.